The second-order valence-corrected chi connectivity index (χ2v) is 9.09. The fraction of sp³-hybridized carbons (Fsp3) is 0.292. The van der Waals surface area contributed by atoms with Crippen LogP contribution in [0.1, 0.15) is 45.9 Å². The lowest BCUT2D eigenvalue weighted by Gasteiger charge is -2.21. The van der Waals surface area contributed by atoms with Crippen LogP contribution >= 0.6 is 11.3 Å². The molecule has 3 heterocycles. The smallest absolute Gasteiger partial charge is 0.259 e. The second-order valence-electron chi connectivity index (χ2n) is 8.25. The fourth-order valence-corrected chi connectivity index (χ4v) is 4.61. The number of thiazole rings is 1. The molecule has 32 heavy (non-hydrogen) atoms. The Bertz CT molecular complexity index is 1290. The zero-order valence-corrected chi connectivity index (χ0v) is 18.6. The van der Waals surface area contributed by atoms with Gasteiger partial charge in [-0.3, -0.25) is 18.9 Å². The van der Waals surface area contributed by atoms with Gasteiger partial charge in [-0.25, -0.2) is 4.98 Å². The van der Waals surface area contributed by atoms with Crippen LogP contribution in [0.2, 0.25) is 0 Å². The molecule has 1 fully saturated rings. The normalized spacial score (nSPS) is 13.7. The molecule has 0 unspecified atom stereocenters. The highest BCUT2D eigenvalue weighted by Gasteiger charge is 2.23. The number of benzene rings is 1. The quantitative estimate of drug-likeness (QED) is 0.444. The van der Waals surface area contributed by atoms with E-state index in [-0.39, 0.29) is 11.5 Å². The number of rotatable bonds is 8. The lowest BCUT2D eigenvalue weighted by atomic mass is 10.1. The molecule has 1 amide bonds. The number of carbonyl (C=O) groups is 1. The molecule has 0 bridgehead atoms. The van der Waals surface area contributed by atoms with Crippen LogP contribution in [0.5, 0.6) is 0 Å². The lowest BCUT2D eigenvalue weighted by Crippen LogP contribution is -2.26. The van der Waals surface area contributed by atoms with E-state index in [2.05, 4.69) is 10.2 Å². The van der Waals surface area contributed by atoms with Gasteiger partial charge in [-0.2, -0.15) is 0 Å². The minimum atomic E-state index is -0.0623. The van der Waals surface area contributed by atoms with Gasteiger partial charge < -0.3 is 9.73 Å². The first kappa shape index (κ1) is 20.7. The number of nitrogens with one attached hydrogen (secondary N) is 1. The molecule has 1 saturated carbocycles. The number of fused-ring (bicyclic) bond motifs is 1. The van der Waals surface area contributed by atoms with Crippen molar-refractivity contribution in [3.63, 3.8) is 0 Å². The van der Waals surface area contributed by atoms with Crippen molar-refractivity contribution in [3.8, 4) is 0 Å². The zero-order valence-electron chi connectivity index (χ0n) is 17.8. The van der Waals surface area contributed by atoms with Crippen molar-refractivity contribution in [2.24, 2.45) is 0 Å². The molecule has 8 heteroatoms. The van der Waals surface area contributed by atoms with Crippen LogP contribution in [0.4, 0.5) is 0 Å². The molecule has 4 aromatic rings. The van der Waals surface area contributed by atoms with Crippen LogP contribution in [0.15, 0.2) is 63.3 Å². The molecule has 164 valence electrons. The SMILES string of the molecule is Cc1csc2nc(CN(Cc3ccc(C(=O)NC4CC4)cc3)Cc3ccco3)cc(=O)n12. The highest BCUT2D eigenvalue weighted by molar-refractivity contribution is 7.15. The van der Waals surface area contributed by atoms with Crippen LogP contribution in [0.25, 0.3) is 4.96 Å². The topological polar surface area (TPSA) is 79.8 Å². The van der Waals surface area contributed by atoms with Gasteiger partial charge in [-0.1, -0.05) is 12.1 Å². The average Bonchev–Trinajstić information content (AvgIpc) is 3.27. The van der Waals surface area contributed by atoms with Crippen molar-refractivity contribution in [1.29, 1.82) is 0 Å². The van der Waals surface area contributed by atoms with Gasteiger partial charge in [0.15, 0.2) is 4.96 Å². The van der Waals surface area contributed by atoms with Crippen molar-refractivity contribution in [1.82, 2.24) is 19.6 Å². The van der Waals surface area contributed by atoms with E-state index in [9.17, 15) is 9.59 Å². The van der Waals surface area contributed by atoms with Gasteiger partial charge in [0.05, 0.1) is 18.5 Å². The van der Waals surface area contributed by atoms with Crippen LogP contribution in [0, 0.1) is 6.92 Å². The predicted molar refractivity (Wildman–Crippen MR) is 123 cm³/mol. The molecule has 1 aliphatic rings. The van der Waals surface area contributed by atoms with E-state index in [1.807, 2.05) is 48.7 Å². The maximum atomic E-state index is 12.6. The minimum absolute atomic E-state index is 0.0179. The number of aromatic nitrogens is 2. The highest BCUT2D eigenvalue weighted by atomic mass is 32.1. The van der Waals surface area contributed by atoms with Crippen molar-refractivity contribution >= 4 is 22.2 Å². The predicted octanol–water partition coefficient (Wildman–Crippen LogP) is 3.75. The number of furan rings is 1. The molecule has 1 aliphatic carbocycles. The number of carbonyl (C=O) groups excluding carboxylic acids is 1. The van der Waals surface area contributed by atoms with Crippen LogP contribution in [-0.2, 0) is 19.6 Å². The second kappa shape index (κ2) is 8.72. The summed E-state index contributed by atoms with van der Waals surface area (Å²) in [4.78, 5) is 32.4. The lowest BCUT2D eigenvalue weighted by molar-refractivity contribution is 0.0951. The molecular formula is C24H24N4O3S. The van der Waals surface area contributed by atoms with E-state index >= 15 is 0 Å². The Morgan fingerprint density at radius 2 is 2.03 bits per heavy atom. The standard InChI is InChI=1S/C24H24N4O3S/c1-16-15-32-24-26-20(11-22(29)28(16)24)13-27(14-21-3-2-10-31-21)12-17-4-6-18(7-5-17)23(30)25-19-8-9-19/h2-7,10-11,15,19H,8-9,12-14H2,1H3,(H,25,30). The Kier molecular flexibility index (Phi) is 5.63. The molecule has 0 aliphatic heterocycles. The summed E-state index contributed by atoms with van der Waals surface area (Å²) in [6, 6.07) is 13.4. The molecule has 0 atom stereocenters. The molecule has 1 N–H and O–H groups in total. The highest BCUT2D eigenvalue weighted by Crippen LogP contribution is 2.20. The minimum Gasteiger partial charge on any atom is -0.468 e. The Morgan fingerprint density at radius 3 is 2.75 bits per heavy atom. The monoisotopic (exact) mass is 448 g/mol. The first-order valence-electron chi connectivity index (χ1n) is 10.7. The summed E-state index contributed by atoms with van der Waals surface area (Å²) >= 11 is 1.47. The van der Waals surface area contributed by atoms with Gasteiger partial charge in [-0.15, -0.1) is 11.3 Å². The number of nitrogens with zero attached hydrogens (tertiary/aromatic N) is 3. The van der Waals surface area contributed by atoms with E-state index in [1.165, 1.54) is 11.3 Å². The Labute approximate surface area is 189 Å². The van der Waals surface area contributed by atoms with Gasteiger partial charge in [0, 0.05) is 41.8 Å². The summed E-state index contributed by atoms with van der Waals surface area (Å²) in [5, 5.41) is 4.95. The summed E-state index contributed by atoms with van der Waals surface area (Å²) in [5.41, 5.74) is 3.31. The molecule has 3 aromatic heterocycles. The molecule has 0 saturated heterocycles. The van der Waals surface area contributed by atoms with Gasteiger partial charge in [-0.05, 0) is 49.6 Å². The van der Waals surface area contributed by atoms with E-state index in [0.717, 1.165) is 35.6 Å². The van der Waals surface area contributed by atoms with Crippen LogP contribution < -0.4 is 10.9 Å². The summed E-state index contributed by atoms with van der Waals surface area (Å²) in [6.07, 6.45) is 3.80. The fourth-order valence-electron chi connectivity index (χ4n) is 3.72. The van der Waals surface area contributed by atoms with Gasteiger partial charge >= 0.3 is 0 Å². The third-order valence-corrected chi connectivity index (χ3v) is 6.45. The van der Waals surface area contributed by atoms with E-state index < -0.39 is 0 Å². The Hall–Kier alpha value is -3.23. The molecule has 7 nitrogen and oxygen atoms in total. The maximum absolute atomic E-state index is 12.6. The zero-order chi connectivity index (χ0) is 22.1. The number of aryl methyl sites for hydroxylation is 1. The number of hydrogen-bond acceptors (Lipinski definition) is 6. The molecule has 1 aromatic carbocycles. The Morgan fingerprint density at radius 1 is 1.22 bits per heavy atom. The summed E-state index contributed by atoms with van der Waals surface area (Å²) in [6.45, 7) is 3.63. The number of amides is 1. The van der Waals surface area contributed by atoms with Crippen molar-refractivity contribution in [2.75, 3.05) is 0 Å². The molecule has 0 radical (unpaired) electrons. The average molecular weight is 449 g/mol. The Balaban J connectivity index is 1.35. The van der Waals surface area contributed by atoms with Gasteiger partial charge in [0.1, 0.15) is 5.76 Å². The van der Waals surface area contributed by atoms with Gasteiger partial charge in [0.2, 0.25) is 0 Å². The molecule has 5 rings (SSSR count). The maximum Gasteiger partial charge on any atom is 0.259 e. The van der Waals surface area contributed by atoms with Crippen molar-refractivity contribution in [3.05, 3.63) is 92.7 Å². The summed E-state index contributed by atoms with van der Waals surface area (Å²) in [5.74, 6) is 0.825. The van der Waals surface area contributed by atoms with Gasteiger partial charge in [0.25, 0.3) is 11.5 Å². The van der Waals surface area contributed by atoms with Crippen LogP contribution in [-0.4, -0.2) is 26.2 Å². The third kappa shape index (κ3) is 4.66. The first-order valence-corrected chi connectivity index (χ1v) is 11.5. The van der Waals surface area contributed by atoms with Crippen LogP contribution in [0.3, 0.4) is 0 Å². The summed E-state index contributed by atoms with van der Waals surface area (Å²) in [7, 11) is 0. The van der Waals surface area contributed by atoms with E-state index in [1.54, 1.807) is 16.7 Å². The summed E-state index contributed by atoms with van der Waals surface area (Å²) < 4.78 is 7.19. The third-order valence-electron chi connectivity index (χ3n) is 5.51. The molecular weight excluding hydrogens is 424 g/mol. The number of hydrogen-bond donors (Lipinski definition) is 1. The van der Waals surface area contributed by atoms with Crippen molar-refractivity contribution in [2.45, 2.75) is 45.4 Å². The first-order chi connectivity index (χ1) is 15.5. The largest absolute Gasteiger partial charge is 0.468 e. The van der Waals surface area contributed by atoms with Crippen molar-refractivity contribution < 1.29 is 9.21 Å². The van der Waals surface area contributed by atoms with E-state index in [4.69, 9.17) is 9.40 Å². The molecule has 0 spiro atoms. The van der Waals surface area contributed by atoms with E-state index in [0.29, 0.717) is 36.2 Å².